The van der Waals surface area contributed by atoms with Crippen LogP contribution in [-0.2, 0) is 26.2 Å². The van der Waals surface area contributed by atoms with Gasteiger partial charge >= 0.3 is 0 Å². The molecule has 34 heavy (non-hydrogen) atoms. The fourth-order valence-corrected chi connectivity index (χ4v) is 5.46. The van der Waals surface area contributed by atoms with Gasteiger partial charge in [0.2, 0.25) is 15.9 Å². The highest BCUT2D eigenvalue weighted by atomic mass is 32.2. The predicted molar refractivity (Wildman–Crippen MR) is 132 cm³/mol. The summed E-state index contributed by atoms with van der Waals surface area (Å²) in [5.41, 5.74) is 3.42. The molecule has 0 fully saturated rings. The lowest BCUT2D eigenvalue weighted by atomic mass is 10.1. The Labute approximate surface area is 201 Å². The Hall–Kier alpha value is -3.26. The van der Waals surface area contributed by atoms with E-state index in [1.807, 2.05) is 67.6 Å². The van der Waals surface area contributed by atoms with Crippen LogP contribution in [0.1, 0.15) is 16.7 Å². The van der Waals surface area contributed by atoms with E-state index in [-0.39, 0.29) is 30.6 Å². The second-order valence-corrected chi connectivity index (χ2v) is 10.1. The molecule has 1 amide bonds. The Morgan fingerprint density at radius 2 is 1.53 bits per heavy atom. The van der Waals surface area contributed by atoms with Crippen LogP contribution in [0.15, 0.2) is 95.9 Å². The summed E-state index contributed by atoms with van der Waals surface area (Å²) in [5, 5.41) is 0. The second-order valence-electron chi connectivity index (χ2n) is 8.26. The van der Waals surface area contributed by atoms with E-state index in [0.29, 0.717) is 5.70 Å². The van der Waals surface area contributed by atoms with E-state index in [2.05, 4.69) is 0 Å². The number of carbonyl (C=O) groups excluding carboxylic acids is 1. The zero-order chi connectivity index (χ0) is 24.1. The van der Waals surface area contributed by atoms with Crippen LogP contribution in [0.4, 0.5) is 0 Å². The minimum atomic E-state index is -3.95. The fourth-order valence-electron chi connectivity index (χ4n) is 3.95. The molecule has 0 bridgehead atoms. The SMILES string of the molecule is Cc1ccc(S(=O)(=O)N2CC=C(c3ccccc3)N(C)C(=O)[C@@H]2COCc2ccccc2)cc1. The van der Waals surface area contributed by atoms with E-state index in [1.165, 1.54) is 9.21 Å². The van der Waals surface area contributed by atoms with Gasteiger partial charge in [0, 0.05) is 19.3 Å². The summed E-state index contributed by atoms with van der Waals surface area (Å²) in [6.45, 7) is 2.18. The number of benzene rings is 3. The molecule has 7 heteroatoms. The molecule has 1 heterocycles. The number of rotatable bonds is 7. The van der Waals surface area contributed by atoms with Gasteiger partial charge in [-0.1, -0.05) is 78.4 Å². The molecule has 0 saturated heterocycles. The average Bonchev–Trinajstić information content (AvgIpc) is 2.97. The Morgan fingerprint density at radius 1 is 0.912 bits per heavy atom. The number of sulfonamides is 1. The molecule has 1 atom stereocenters. The van der Waals surface area contributed by atoms with Gasteiger partial charge in [-0.15, -0.1) is 0 Å². The maximum Gasteiger partial charge on any atom is 0.247 e. The summed E-state index contributed by atoms with van der Waals surface area (Å²) in [5.74, 6) is -0.337. The standard InChI is InChI=1S/C27H28N2O4S/c1-21-13-15-24(16-14-21)34(31,32)29-18-17-25(23-11-7-4-8-12-23)28(2)27(30)26(29)20-33-19-22-9-5-3-6-10-22/h3-17,26H,18-20H2,1-2H3/t26-/m0/s1. The Balaban J connectivity index is 1.68. The third kappa shape index (κ3) is 5.12. The summed E-state index contributed by atoms with van der Waals surface area (Å²) in [6, 6.07) is 24.7. The highest BCUT2D eigenvalue weighted by Gasteiger charge is 2.39. The molecule has 6 nitrogen and oxygen atoms in total. The van der Waals surface area contributed by atoms with Crippen LogP contribution in [-0.4, -0.2) is 49.8 Å². The van der Waals surface area contributed by atoms with Crippen LogP contribution in [0.25, 0.3) is 5.70 Å². The van der Waals surface area contributed by atoms with Crippen molar-refractivity contribution in [1.29, 1.82) is 0 Å². The van der Waals surface area contributed by atoms with Crippen molar-refractivity contribution in [3.63, 3.8) is 0 Å². The van der Waals surface area contributed by atoms with Gasteiger partial charge in [0.1, 0.15) is 6.04 Å². The lowest BCUT2D eigenvalue weighted by Crippen LogP contribution is -2.50. The van der Waals surface area contributed by atoms with Gasteiger partial charge in [0.25, 0.3) is 0 Å². The maximum atomic E-state index is 13.7. The van der Waals surface area contributed by atoms with E-state index in [9.17, 15) is 13.2 Å². The first-order chi connectivity index (χ1) is 16.4. The second kappa shape index (κ2) is 10.3. The topological polar surface area (TPSA) is 66.9 Å². The van der Waals surface area contributed by atoms with Crippen molar-refractivity contribution in [2.24, 2.45) is 0 Å². The highest BCUT2D eigenvalue weighted by molar-refractivity contribution is 7.89. The van der Waals surface area contributed by atoms with Gasteiger partial charge < -0.3 is 9.64 Å². The number of ether oxygens (including phenoxy) is 1. The first-order valence-corrected chi connectivity index (χ1v) is 12.6. The first-order valence-electron chi connectivity index (χ1n) is 11.1. The Bertz CT molecular complexity index is 1260. The fraction of sp³-hybridized carbons (Fsp3) is 0.222. The molecule has 0 radical (unpaired) electrons. The van der Waals surface area contributed by atoms with E-state index >= 15 is 0 Å². The molecule has 0 saturated carbocycles. The molecule has 1 aliphatic heterocycles. The number of amides is 1. The number of hydrogen-bond acceptors (Lipinski definition) is 4. The van der Waals surface area contributed by atoms with Gasteiger partial charge in [-0.3, -0.25) is 4.79 Å². The zero-order valence-corrected chi connectivity index (χ0v) is 20.1. The number of hydrogen-bond donors (Lipinski definition) is 0. The van der Waals surface area contributed by atoms with Gasteiger partial charge in [0.15, 0.2) is 0 Å². The largest absolute Gasteiger partial charge is 0.375 e. The molecule has 0 aromatic heterocycles. The lowest BCUT2D eigenvalue weighted by molar-refractivity contribution is -0.132. The van der Waals surface area contributed by atoms with Crippen molar-refractivity contribution in [1.82, 2.24) is 9.21 Å². The average molecular weight is 477 g/mol. The molecule has 1 aliphatic rings. The summed E-state index contributed by atoms with van der Waals surface area (Å²) < 4.78 is 34.4. The van der Waals surface area contributed by atoms with Crippen LogP contribution in [0.3, 0.4) is 0 Å². The Kier molecular flexibility index (Phi) is 7.26. The number of aryl methyl sites for hydroxylation is 1. The van der Waals surface area contributed by atoms with Gasteiger partial charge in [-0.25, -0.2) is 8.42 Å². The number of likely N-dealkylation sites (N-methyl/N-ethyl adjacent to an activating group) is 1. The third-order valence-corrected chi connectivity index (χ3v) is 7.76. The predicted octanol–water partition coefficient (Wildman–Crippen LogP) is 4.08. The van der Waals surface area contributed by atoms with Crippen molar-refractivity contribution in [2.75, 3.05) is 20.2 Å². The molecule has 0 aliphatic carbocycles. The summed E-state index contributed by atoms with van der Waals surface area (Å²) in [4.78, 5) is 15.3. The lowest BCUT2D eigenvalue weighted by Gasteiger charge is -2.29. The number of carbonyl (C=O) groups is 1. The van der Waals surface area contributed by atoms with Crippen LogP contribution < -0.4 is 0 Å². The Morgan fingerprint density at radius 3 is 2.18 bits per heavy atom. The van der Waals surface area contributed by atoms with Crippen LogP contribution in [0.5, 0.6) is 0 Å². The van der Waals surface area contributed by atoms with Crippen molar-refractivity contribution >= 4 is 21.6 Å². The third-order valence-electron chi connectivity index (χ3n) is 5.87. The zero-order valence-electron chi connectivity index (χ0n) is 19.3. The molecule has 4 rings (SSSR count). The molecule has 176 valence electrons. The monoisotopic (exact) mass is 476 g/mol. The first kappa shape index (κ1) is 23.9. The van der Waals surface area contributed by atoms with E-state index in [4.69, 9.17) is 4.74 Å². The van der Waals surface area contributed by atoms with Crippen molar-refractivity contribution in [2.45, 2.75) is 24.5 Å². The molecule has 3 aromatic carbocycles. The minimum absolute atomic E-state index is 0.0515. The van der Waals surface area contributed by atoms with Gasteiger partial charge in [-0.05, 0) is 36.3 Å². The summed E-state index contributed by atoms with van der Waals surface area (Å²) in [7, 11) is -2.27. The van der Waals surface area contributed by atoms with Crippen molar-refractivity contribution < 1.29 is 17.9 Å². The molecule has 0 N–H and O–H groups in total. The summed E-state index contributed by atoms with van der Waals surface area (Å²) in [6.07, 6.45) is 1.79. The normalized spacial score (nSPS) is 17.4. The molecular formula is C27H28N2O4S. The van der Waals surface area contributed by atoms with Crippen molar-refractivity contribution in [3.8, 4) is 0 Å². The number of nitrogens with zero attached hydrogens (tertiary/aromatic N) is 2. The maximum absolute atomic E-state index is 13.7. The van der Waals surface area contributed by atoms with E-state index < -0.39 is 16.1 Å². The molecule has 0 unspecified atom stereocenters. The van der Waals surface area contributed by atoms with Crippen LogP contribution in [0, 0.1) is 6.92 Å². The molecule has 0 spiro atoms. The molecular weight excluding hydrogens is 448 g/mol. The van der Waals surface area contributed by atoms with Crippen LogP contribution in [0.2, 0.25) is 0 Å². The molecule has 3 aromatic rings. The van der Waals surface area contributed by atoms with Gasteiger partial charge in [0.05, 0.1) is 18.1 Å². The van der Waals surface area contributed by atoms with E-state index in [0.717, 1.165) is 16.7 Å². The van der Waals surface area contributed by atoms with Crippen molar-refractivity contribution in [3.05, 3.63) is 108 Å². The smallest absolute Gasteiger partial charge is 0.247 e. The van der Waals surface area contributed by atoms with Crippen LogP contribution >= 0.6 is 0 Å². The van der Waals surface area contributed by atoms with Gasteiger partial charge in [-0.2, -0.15) is 4.31 Å². The van der Waals surface area contributed by atoms with E-state index in [1.54, 1.807) is 37.4 Å². The quantitative estimate of drug-likeness (QED) is 0.515. The summed E-state index contributed by atoms with van der Waals surface area (Å²) >= 11 is 0. The minimum Gasteiger partial charge on any atom is -0.375 e. The highest BCUT2D eigenvalue weighted by Crippen LogP contribution is 2.27.